The number of nitrogens with two attached hydrogens (primary N) is 1. The third-order valence-corrected chi connectivity index (χ3v) is 3.77. The highest BCUT2D eigenvalue weighted by Gasteiger charge is 2.05. The van der Waals surface area contributed by atoms with E-state index >= 15 is 0 Å². The Hall–Kier alpha value is -1.85. The Morgan fingerprint density at radius 3 is 2.95 bits per heavy atom. The van der Waals surface area contributed by atoms with E-state index in [9.17, 15) is 4.79 Å². The Balaban J connectivity index is 1.72. The highest BCUT2D eigenvalue weighted by Crippen LogP contribution is 2.17. The molecule has 0 unspecified atom stereocenters. The molecule has 0 aliphatic heterocycles. The Morgan fingerprint density at radius 2 is 2.25 bits per heavy atom. The second-order valence-corrected chi connectivity index (χ2v) is 5.54. The molecular formula is C15H18N2O2S. The van der Waals surface area contributed by atoms with Crippen LogP contribution in [0, 0.1) is 6.92 Å². The maximum Gasteiger partial charge on any atom is 0.250 e. The van der Waals surface area contributed by atoms with Gasteiger partial charge in [-0.1, -0.05) is 6.07 Å². The highest BCUT2D eigenvalue weighted by molar-refractivity contribution is 7.09. The van der Waals surface area contributed by atoms with E-state index in [-0.39, 0.29) is 12.5 Å². The Bertz CT molecular complexity index is 567. The summed E-state index contributed by atoms with van der Waals surface area (Å²) in [5, 5.41) is 4.85. The number of anilines is 2. The summed E-state index contributed by atoms with van der Waals surface area (Å²) in [6.45, 7) is 2.52. The lowest BCUT2D eigenvalue weighted by atomic mass is 10.2. The zero-order chi connectivity index (χ0) is 14.4. The molecule has 3 N–H and O–H groups in total. The maximum atomic E-state index is 11.7. The predicted octanol–water partition coefficient (Wildman–Crippen LogP) is 2.84. The minimum absolute atomic E-state index is 0.0647. The second-order valence-electron chi connectivity index (χ2n) is 4.50. The molecule has 1 amide bonds. The van der Waals surface area contributed by atoms with Crippen LogP contribution in [0.4, 0.5) is 11.4 Å². The molecule has 0 spiro atoms. The van der Waals surface area contributed by atoms with Gasteiger partial charge in [0.2, 0.25) is 5.91 Å². The van der Waals surface area contributed by atoms with Crippen molar-refractivity contribution in [1.29, 1.82) is 0 Å². The molecular weight excluding hydrogens is 272 g/mol. The maximum absolute atomic E-state index is 11.7. The van der Waals surface area contributed by atoms with Crippen molar-refractivity contribution >= 4 is 28.6 Å². The van der Waals surface area contributed by atoms with E-state index in [0.717, 1.165) is 17.7 Å². The summed E-state index contributed by atoms with van der Waals surface area (Å²) in [4.78, 5) is 13.0. The number of ether oxygens (including phenoxy) is 1. The van der Waals surface area contributed by atoms with E-state index in [1.165, 1.54) is 4.88 Å². The van der Waals surface area contributed by atoms with Crippen molar-refractivity contribution in [3.63, 3.8) is 0 Å². The Labute approximate surface area is 122 Å². The number of nitrogens with one attached hydrogen (secondary N) is 1. The van der Waals surface area contributed by atoms with E-state index in [0.29, 0.717) is 12.3 Å². The van der Waals surface area contributed by atoms with Crippen LogP contribution in [0.2, 0.25) is 0 Å². The van der Waals surface area contributed by atoms with Crippen molar-refractivity contribution in [2.75, 3.05) is 24.3 Å². The number of hydrogen-bond donors (Lipinski definition) is 2. The molecule has 0 fully saturated rings. The number of amides is 1. The predicted molar refractivity (Wildman–Crippen MR) is 83.1 cm³/mol. The molecule has 106 valence electrons. The van der Waals surface area contributed by atoms with Gasteiger partial charge in [-0.25, -0.2) is 0 Å². The molecule has 1 heterocycles. The van der Waals surface area contributed by atoms with Crippen molar-refractivity contribution in [3.8, 4) is 0 Å². The first kappa shape index (κ1) is 14.6. The minimum Gasteiger partial charge on any atom is -0.399 e. The van der Waals surface area contributed by atoms with Crippen molar-refractivity contribution in [2.24, 2.45) is 0 Å². The van der Waals surface area contributed by atoms with Crippen molar-refractivity contribution in [2.45, 2.75) is 13.3 Å². The normalized spacial score (nSPS) is 10.4. The summed E-state index contributed by atoms with van der Waals surface area (Å²) in [7, 11) is 0. The van der Waals surface area contributed by atoms with Crippen LogP contribution in [-0.2, 0) is 16.0 Å². The number of carbonyl (C=O) groups is 1. The quantitative estimate of drug-likeness (QED) is 0.635. The van der Waals surface area contributed by atoms with Gasteiger partial charge in [-0.3, -0.25) is 4.79 Å². The number of rotatable bonds is 6. The molecule has 0 saturated heterocycles. The summed E-state index contributed by atoms with van der Waals surface area (Å²) in [5.41, 5.74) is 8.07. The van der Waals surface area contributed by atoms with Crippen LogP contribution in [0.15, 0.2) is 35.7 Å². The molecule has 4 nitrogen and oxygen atoms in total. The van der Waals surface area contributed by atoms with Gasteiger partial charge in [-0.15, -0.1) is 11.3 Å². The molecule has 0 saturated carbocycles. The van der Waals surface area contributed by atoms with E-state index in [4.69, 9.17) is 10.5 Å². The van der Waals surface area contributed by atoms with Gasteiger partial charge < -0.3 is 15.8 Å². The molecule has 5 heteroatoms. The molecule has 0 radical (unpaired) electrons. The highest BCUT2D eigenvalue weighted by atomic mass is 32.1. The average Bonchev–Trinajstić information content (AvgIpc) is 2.91. The smallest absolute Gasteiger partial charge is 0.250 e. The molecule has 0 atom stereocenters. The fourth-order valence-corrected chi connectivity index (χ4v) is 2.50. The first-order valence-electron chi connectivity index (χ1n) is 6.41. The van der Waals surface area contributed by atoms with Gasteiger partial charge in [0.05, 0.1) is 6.61 Å². The van der Waals surface area contributed by atoms with Gasteiger partial charge in [0, 0.05) is 22.7 Å². The lowest BCUT2D eigenvalue weighted by Gasteiger charge is -2.09. The van der Waals surface area contributed by atoms with Gasteiger partial charge in [-0.2, -0.15) is 0 Å². The van der Waals surface area contributed by atoms with Crippen LogP contribution in [0.5, 0.6) is 0 Å². The fourth-order valence-electron chi connectivity index (χ4n) is 1.81. The largest absolute Gasteiger partial charge is 0.399 e. The molecule has 1 aromatic carbocycles. The number of aryl methyl sites for hydroxylation is 1. The summed E-state index contributed by atoms with van der Waals surface area (Å²) >= 11 is 1.70. The topological polar surface area (TPSA) is 64.3 Å². The van der Waals surface area contributed by atoms with E-state index in [1.807, 2.05) is 24.4 Å². The fraction of sp³-hybridized carbons (Fsp3) is 0.267. The number of thiophene rings is 1. The number of hydrogen-bond acceptors (Lipinski definition) is 4. The summed E-state index contributed by atoms with van der Waals surface area (Å²) in [6.07, 6.45) is 0.839. The zero-order valence-electron chi connectivity index (χ0n) is 11.4. The van der Waals surface area contributed by atoms with Gasteiger partial charge in [0.25, 0.3) is 0 Å². The average molecular weight is 290 g/mol. The first-order chi connectivity index (χ1) is 9.65. The monoisotopic (exact) mass is 290 g/mol. The van der Waals surface area contributed by atoms with Crippen LogP contribution in [0.1, 0.15) is 10.4 Å². The third kappa shape index (κ3) is 4.36. The van der Waals surface area contributed by atoms with E-state index < -0.39 is 0 Å². The van der Waals surface area contributed by atoms with Gasteiger partial charge in [0.15, 0.2) is 0 Å². The number of benzene rings is 1. The third-order valence-electron chi connectivity index (χ3n) is 2.83. The van der Waals surface area contributed by atoms with Crippen molar-refractivity contribution in [1.82, 2.24) is 0 Å². The van der Waals surface area contributed by atoms with Gasteiger partial charge >= 0.3 is 0 Å². The Morgan fingerprint density at radius 1 is 1.40 bits per heavy atom. The molecule has 2 aromatic rings. The second kappa shape index (κ2) is 7.07. The number of carbonyl (C=O) groups excluding carboxylic acids is 1. The van der Waals surface area contributed by atoms with Crippen LogP contribution >= 0.6 is 11.3 Å². The molecule has 0 aliphatic carbocycles. The van der Waals surface area contributed by atoms with Crippen molar-refractivity contribution < 1.29 is 9.53 Å². The van der Waals surface area contributed by atoms with Crippen LogP contribution in [-0.4, -0.2) is 19.1 Å². The summed E-state index contributed by atoms with van der Waals surface area (Å²) in [6, 6.07) is 9.46. The van der Waals surface area contributed by atoms with E-state index in [1.54, 1.807) is 23.5 Å². The molecule has 2 rings (SSSR count). The molecule has 1 aromatic heterocycles. The molecule has 0 aliphatic rings. The van der Waals surface area contributed by atoms with Gasteiger partial charge in [0.1, 0.15) is 6.61 Å². The zero-order valence-corrected chi connectivity index (χ0v) is 12.2. The van der Waals surface area contributed by atoms with Crippen molar-refractivity contribution in [3.05, 3.63) is 46.2 Å². The van der Waals surface area contributed by atoms with Gasteiger partial charge in [-0.05, 0) is 42.1 Å². The Kier molecular flexibility index (Phi) is 5.15. The standard InChI is InChI=1S/C15H18N2O2S/c1-11-9-12(16)4-5-14(11)17-15(18)10-19-7-6-13-3-2-8-20-13/h2-5,8-9H,6-7,10,16H2,1H3,(H,17,18). The van der Waals surface area contributed by atoms with Crippen LogP contribution in [0.3, 0.4) is 0 Å². The first-order valence-corrected chi connectivity index (χ1v) is 7.29. The van der Waals surface area contributed by atoms with Crippen LogP contribution < -0.4 is 11.1 Å². The minimum atomic E-state index is -0.149. The molecule has 20 heavy (non-hydrogen) atoms. The molecule has 0 bridgehead atoms. The number of nitrogen functional groups attached to an aromatic ring is 1. The summed E-state index contributed by atoms with van der Waals surface area (Å²) < 4.78 is 5.37. The lowest BCUT2D eigenvalue weighted by molar-refractivity contribution is -0.120. The van der Waals surface area contributed by atoms with Crippen LogP contribution in [0.25, 0.3) is 0 Å². The SMILES string of the molecule is Cc1cc(N)ccc1NC(=O)COCCc1cccs1. The van der Waals surface area contributed by atoms with E-state index in [2.05, 4.69) is 11.4 Å². The lowest BCUT2D eigenvalue weighted by Crippen LogP contribution is -2.19. The summed E-state index contributed by atoms with van der Waals surface area (Å²) in [5.74, 6) is -0.149.